The highest BCUT2D eigenvalue weighted by Crippen LogP contribution is 2.35. The molecular formula is C24H28ClN5O4S. The van der Waals surface area contributed by atoms with E-state index in [-0.39, 0.29) is 22.7 Å². The Balaban J connectivity index is 1.75. The van der Waals surface area contributed by atoms with Gasteiger partial charge in [-0.2, -0.15) is 13.5 Å². The van der Waals surface area contributed by atoms with E-state index in [2.05, 4.69) is 33.7 Å². The van der Waals surface area contributed by atoms with Crippen LogP contribution in [0.4, 0.5) is 5.82 Å². The number of halogens is 1. The van der Waals surface area contributed by atoms with Crippen molar-refractivity contribution in [3.63, 3.8) is 0 Å². The summed E-state index contributed by atoms with van der Waals surface area (Å²) in [6.07, 6.45) is 4.03. The van der Waals surface area contributed by atoms with Gasteiger partial charge in [-0.15, -0.1) is 0 Å². The van der Waals surface area contributed by atoms with Crippen molar-refractivity contribution < 1.29 is 17.9 Å². The molecule has 11 heteroatoms. The molecule has 3 aromatic rings. The molecule has 0 radical (unpaired) electrons. The second-order valence-corrected chi connectivity index (χ2v) is 10.7. The van der Waals surface area contributed by atoms with Crippen molar-refractivity contribution in [3.05, 3.63) is 53.2 Å². The number of carbonyl (C=O) groups is 1. The summed E-state index contributed by atoms with van der Waals surface area (Å²) >= 11 is 6.29. The van der Waals surface area contributed by atoms with Crippen LogP contribution in [0.25, 0.3) is 11.3 Å². The summed E-state index contributed by atoms with van der Waals surface area (Å²) in [5.41, 5.74) is 1.57. The summed E-state index contributed by atoms with van der Waals surface area (Å²) in [6.45, 7) is 6.69. The first kappa shape index (κ1) is 25.0. The minimum atomic E-state index is -4.11. The quantitative estimate of drug-likeness (QED) is 0.454. The van der Waals surface area contributed by atoms with Crippen LogP contribution in [0, 0.1) is 0 Å². The lowest BCUT2D eigenvalue weighted by molar-refractivity contribution is 0.0981. The van der Waals surface area contributed by atoms with E-state index in [9.17, 15) is 13.2 Å². The standard InChI is InChI=1S/C24H28ClN5O4S/c1-4-13-34-21-14-17(7-9-19(21)25)20-10-8-18(23(27-20)30-15(2)5-6-16(30)3)24(31)29-35(32,33)22-11-12-26-28-22/h7-12,14-16H,4-6,13H2,1-3H3,(H,26,28)(H,29,31)/t15-,16+. The van der Waals surface area contributed by atoms with Gasteiger partial charge in [-0.05, 0) is 63.4 Å². The fourth-order valence-electron chi connectivity index (χ4n) is 4.21. The Kier molecular flexibility index (Phi) is 7.32. The zero-order valence-corrected chi connectivity index (χ0v) is 21.4. The lowest BCUT2D eigenvalue weighted by Gasteiger charge is -2.29. The summed E-state index contributed by atoms with van der Waals surface area (Å²) in [5, 5.41) is 6.33. The lowest BCUT2D eigenvalue weighted by atomic mass is 10.1. The molecule has 2 aromatic heterocycles. The van der Waals surface area contributed by atoms with Crippen molar-refractivity contribution in [2.75, 3.05) is 11.5 Å². The number of sulfonamides is 1. The van der Waals surface area contributed by atoms with E-state index in [1.165, 1.54) is 12.3 Å². The summed E-state index contributed by atoms with van der Waals surface area (Å²) in [7, 11) is -4.11. The van der Waals surface area contributed by atoms with Crippen molar-refractivity contribution in [2.24, 2.45) is 0 Å². The van der Waals surface area contributed by atoms with Crippen LogP contribution < -0.4 is 14.4 Å². The minimum absolute atomic E-state index is 0.136. The van der Waals surface area contributed by atoms with Gasteiger partial charge in [0.05, 0.1) is 29.1 Å². The molecule has 1 saturated heterocycles. The Bertz CT molecular complexity index is 1300. The normalized spacial score (nSPS) is 18.0. The molecule has 1 aromatic carbocycles. The molecule has 0 bridgehead atoms. The lowest BCUT2D eigenvalue weighted by Crippen LogP contribution is -2.37. The van der Waals surface area contributed by atoms with Crippen molar-refractivity contribution in [2.45, 2.75) is 57.1 Å². The van der Waals surface area contributed by atoms with Crippen molar-refractivity contribution in [3.8, 4) is 17.0 Å². The number of aromatic nitrogens is 3. The molecule has 35 heavy (non-hydrogen) atoms. The van der Waals surface area contributed by atoms with Crippen LogP contribution >= 0.6 is 11.6 Å². The van der Waals surface area contributed by atoms with E-state index >= 15 is 0 Å². The van der Waals surface area contributed by atoms with Gasteiger partial charge in [0.25, 0.3) is 15.9 Å². The fourth-order valence-corrected chi connectivity index (χ4v) is 5.25. The van der Waals surface area contributed by atoms with Crippen molar-refractivity contribution in [1.29, 1.82) is 0 Å². The molecule has 2 N–H and O–H groups in total. The maximum absolute atomic E-state index is 13.2. The van der Waals surface area contributed by atoms with Gasteiger partial charge in [-0.1, -0.05) is 24.6 Å². The third-order valence-electron chi connectivity index (χ3n) is 6.00. The van der Waals surface area contributed by atoms with Crippen LogP contribution in [0.5, 0.6) is 5.75 Å². The zero-order valence-electron chi connectivity index (χ0n) is 19.8. The first-order chi connectivity index (χ1) is 16.7. The number of benzene rings is 1. The topological polar surface area (TPSA) is 117 Å². The van der Waals surface area contributed by atoms with Crippen LogP contribution in [0.1, 0.15) is 50.4 Å². The predicted octanol–water partition coefficient (Wildman–Crippen LogP) is 4.41. The Labute approximate surface area is 209 Å². The SMILES string of the molecule is CCCOc1cc(-c2ccc(C(=O)NS(=O)(=O)c3ccn[nH]3)c(N3[C@H](C)CC[C@@H]3C)n2)ccc1Cl. The molecule has 0 saturated carbocycles. The van der Waals surface area contributed by atoms with Crippen LogP contribution in [0.3, 0.4) is 0 Å². The summed E-state index contributed by atoms with van der Waals surface area (Å²) < 4.78 is 33.1. The minimum Gasteiger partial charge on any atom is -0.492 e. The fraction of sp³-hybridized carbons (Fsp3) is 0.375. The Morgan fingerprint density at radius 1 is 1.20 bits per heavy atom. The number of hydrogen-bond acceptors (Lipinski definition) is 7. The van der Waals surface area contributed by atoms with E-state index in [4.69, 9.17) is 21.3 Å². The first-order valence-electron chi connectivity index (χ1n) is 11.5. The van der Waals surface area contributed by atoms with E-state index in [1.54, 1.807) is 18.2 Å². The molecular weight excluding hydrogens is 490 g/mol. The largest absolute Gasteiger partial charge is 0.492 e. The number of hydrogen-bond donors (Lipinski definition) is 2. The van der Waals surface area contributed by atoms with Crippen LogP contribution in [0.2, 0.25) is 5.02 Å². The second kappa shape index (κ2) is 10.2. The molecule has 0 aliphatic carbocycles. The molecule has 3 heterocycles. The molecule has 186 valence electrons. The smallest absolute Gasteiger partial charge is 0.281 e. The van der Waals surface area contributed by atoms with Gasteiger partial charge in [0.1, 0.15) is 11.6 Å². The molecule has 9 nitrogen and oxygen atoms in total. The number of aromatic amines is 1. The highest BCUT2D eigenvalue weighted by atomic mass is 35.5. The van der Waals surface area contributed by atoms with E-state index < -0.39 is 15.9 Å². The van der Waals surface area contributed by atoms with Gasteiger partial charge in [0.15, 0.2) is 5.03 Å². The molecule has 1 amide bonds. The summed E-state index contributed by atoms with van der Waals surface area (Å²) in [5.74, 6) is 0.232. The number of anilines is 1. The second-order valence-electron chi connectivity index (χ2n) is 8.60. The third kappa shape index (κ3) is 5.28. The number of pyridine rings is 1. The molecule has 0 spiro atoms. The van der Waals surface area contributed by atoms with Gasteiger partial charge < -0.3 is 9.64 Å². The van der Waals surface area contributed by atoms with Gasteiger partial charge in [0, 0.05) is 17.6 Å². The van der Waals surface area contributed by atoms with Crippen LogP contribution in [-0.2, 0) is 10.0 Å². The average molecular weight is 518 g/mol. The van der Waals surface area contributed by atoms with Gasteiger partial charge >= 0.3 is 0 Å². The van der Waals surface area contributed by atoms with E-state index in [1.807, 2.05) is 19.1 Å². The molecule has 2 atom stereocenters. The molecule has 1 aliphatic heterocycles. The number of carbonyl (C=O) groups excluding carboxylic acids is 1. The Morgan fingerprint density at radius 2 is 1.94 bits per heavy atom. The maximum Gasteiger partial charge on any atom is 0.281 e. The van der Waals surface area contributed by atoms with Gasteiger partial charge in [0.2, 0.25) is 0 Å². The van der Waals surface area contributed by atoms with Crippen molar-refractivity contribution >= 4 is 33.3 Å². The third-order valence-corrected chi connectivity index (χ3v) is 7.57. The van der Waals surface area contributed by atoms with Crippen LogP contribution in [0.15, 0.2) is 47.6 Å². The highest BCUT2D eigenvalue weighted by Gasteiger charge is 2.33. The Morgan fingerprint density at radius 3 is 2.60 bits per heavy atom. The average Bonchev–Trinajstić information content (AvgIpc) is 3.48. The molecule has 1 fully saturated rings. The van der Waals surface area contributed by atoms with E-state index in [0.717, 1.165) is 24.8 Å². The monoisotopic (exact) mass is 517 g/mol. The predicted molar refractivity (Wildman–Crippen MR) is 134 cm³/mol. The van der Waals surface area contributed by atoms with Gasteiger partial charge in [-0.3, -0.25) is 9.89 Å². The molecule has 4 rings (SSSR count). The number of nitrogens with zero attached hydrogens (tertiary/aromatic N) is 3. The van der Waals surface area contributed by atoms with Gasteiger partial charge in [-0.25, -0.2) is 9.71 Å². The Hall–Kier alpha value is -3.11. The number of nitrogens with one attached hydrogen (secondary N) is 2. The highest BCUT2D eigenvalue weighted by molar-refractivity contribution is 7.90. The van der Waals surface area contributed by atoms with Crippen molar-refractivity contribution in [1.82, 2.24) is 19.9 Å². The number of amides is 1. The first-order valence-corrected chi connectivity index (χ1v) is 13.4. The van der Waals surface area contributed by atoms with Crippen LogP contribution in [-0.4, -0.2) is 48.2 Å². The number of rotatable bonds is 8. The summed E-state index contributed by atoms with van der Waals surface area (Å²) in [6, 6.07) is 10.3. The maximum atomic E-state index is 13.2. The molecule has 1 aliphatic rings. The van der Waals surface area contributed by atoms with E-state index in [0.29, 0.717) is 28.9 Å². The molecule has 0 unspecified atom stereocenters. The number of H-pyrrole nitrogens is 1. The number of ether oxygens (including phenoxy) is 1. The zero-order chi connectivity index (χ0) is 25.2. The summed E-state index contributed by atoms with van der Waals surface area (Å²) in [4.78, 5) is 20.1.